The molecular weight excluding hydrogens is 194 g/mol. The van der Waals surface area contributed by atoms with Crippen molar-refractivity contribution < 1.29 is 0 Å². The number of nitrogens with one attached hydrogen (secondary N) is 1. The van der Waals surface area contributed by atoms with Gasteiger partial charge in [-0.1, -0.05) is 40.0 Å². The van der Waals surface area contributed by atoms with Crippen LogP contribution in [0.5, 0.6) is 0 Å². The van der Waals surface area contributed by atoms with Gasteiger partial charge in [0.05, 0.1) is 0 Å². The minimum absolute atomic E-state index is 0.574. The lowest BCUT2D eigenvalue weighted by Crippen LogP contribution is -2.56. The molecule has 0 spiro atoms. The first-order valence-electron chi connectivity index (χ1n) is 7.30. The Kier molecular flexibility index (Phi) is 3.63. The molecule has 0 amide bonds. The third kappa shape index (κ3) is 1.92. The first-order valence-corrected chi connectivity index (χ1v) is 7.30. The Morgan fingerprint density at radius 2 is 1.62 bits per heavy atom. The van der Waals surface area contributed by atoms with Crippen LogP contribution in [0.15, 0.2) is 0 Å². The Hall–Kier alpha value is -0.0400. The normalized spacial score (nSPS) is 46.9. The van der Waals surface area contributed by atoms with Crippen LogP contribution in [-0.4, -0.2) is 12.6 Å². The van der Waals surface area contributed by atoms with Crippen molar-refractivity contribution >= 4 is 0 Å². The molecule has 0 bridgehead atoms. The summed E-state index contributed by atoms with van der Waals surface area (Å²) in [5.41, 5.74) is 0.574. The van der Waals surface area contributed by atoms with Crippen molar-refractivity contribution in [1.82, 2.24) is 5.32 Å². The van der Waals surface area contributed by atoms with E-state index in [0.717, 1.165) is 17.8 Å². The first kappa shape index (κ1) is 12.4. The third-order valence-corrected chi connectivity index (χ3v) is 6.02. The average Bonchev–Trinajstić information content (AvgIpc) is 2.33. The van der Waals surface area contributed by atoms with E-state index in [-0.39, 0.29) is 0 Å². The van der Waals surface area contributed by atoms with Crippen molar-refractivity contribution in [3.8, 4) is 0 Å². The van der Waals surface area contributed by atoms with Crippen molar-refractivity contribution in [2.24, 2.45) is 23.2 Å². The Balaban J connectivity index is 2.17. The first-order chi connectivity index (χ1) is 7.56. The molecule has 1 aliphatic heterocycles. The summed E-state index contributed by atoms with van der Waals surface area (Å²) in [7, 11) is 0. The fourth-order valence-electron chi connectivity index (χ4n) is 4.25. The van der Waals surface area contributed by atoms with Gasteiger partial charge < -0.3 is 5.32 Å². The van der Waals surface area contributed by atoms with Crippen LogP contribution in [0, 0.1) is 23.2 Å². The molecule has 0 radical (unpaired) electrons. The Bertz CT molecular complexity index is 232. The van der Waals surface area contributed by atoms with Crippen LogP contribution in [-0.2, 0) is 0 Å². The van der Waals surface area contributed by atoms with Gasteiger partial charge in [-0.15, -0.1) is 0 Å². The topological polar surface area (TPSA) is 12.0 Å². The fourth-order valence-corrected chi connectivity index (χ4v) is 4.25. The highest BCUT2D eigenvalue weighted by Gasteiger charge is 2.47. The molecule has 0 aromatic heterocycles. The van der Waals surface area contributed by atoms with Crippen LogP contribution in [0.1, 0.15) is 59.8 Å². The maximum Gasteiger partial charge on any atom is 0.00698 e. The van der Waals surface area contributed by atoms with Gasteiger partial charge in [-0.25, -0.2) is 0 Å². The van der Waals surface area contributed by atoms with Gasteiger partial charge in [0.2, 0.25) is 0 Å². The smallest absolute Gasteiger partial charge is 0.00698 e. The van der Waals surface area contributed by atoms with E-state index in [1.807, 2.05) is 0 Å². The molecule has 1 aliphatic carbocycles. The fraction of sp³-hybridized carbons (Fsp3) is 1.00. The predicted octanol–water partition coefficient (Wildman–Crippen LogP) is 3.84. The molecule has 1 saturated carbocycles. The highest BCUT2D eigenvalue weighted by molar-refractivity contribution is 4.99. The van der Waals surface area contributed by atoms with Crippen LogP contribution < -0.4 is 5.32 Å². The lowest BCUT2D eigenvalue weighted by Gasteiger charge is -2.54. The van der Waals surface area contributed by atoms with Gasteiger partial charge in [-0.2, -0.15) is 0 Å². The van der Waals surface area contributed by atoms with E-state index in [0.29, 0.717) is 11.5 Å². The number of rotatable bonds is 1. The molecule has 1 nitrogen and oxygen atoms in total. The van der Waals surface area contributed by atoms with Gasteiger partial charge in [0.1, 0.15) is 0 Å². The third-order valence-electron chi connectivity index (χ3n) is 6.02. The summed E-state index contributed by atoms with van der Waals surface area (Å²) in [6.45, 7) is 11.1. The van der Waals surface area contributed by atoms with Crippen molar-refractivity contribution in [3.63, 3.8) is 0 Å². The molecule has 1 heteroatoms. The molecule has 2 aliphatic rings. The zero-order chi connectivity index (χ0) is 11.8. The van der Waals surface area contributed by atoms with Gasteiger partial charge in [0.15, 0.2) is 0 Å². The van der Waals surface area contributed by atoms with Crippen molar-refractivity contribution in [2.45, 2.75) is 65.8 Å². The van der Waals surface area contributed by atoms with E-state index in [9.17, 15) is 0 Å². The van der Waals surface area contributed by atoms with E-state index in [1.54, 1.807) is 0 Å². The minimum Gasteiger partial charge on any atom is -0.314 e. The monoisotopic (exact) mass is 223 g/mol. The predicted molar refractivity (Wildman–Crippen MR) is 70.5 cm³/mol. The Morgan fingerprint density at radius 1 is 1.00 bits per heavy atom. The summed E-state index contributed by atoms with van der Waals surface area (Å²) in [5, 5.41) is 3.68. The van der Waals surface area contributed by atoms with Crippen LogP contribution in [0.2, 0.25) is 0 Å². The summed E-state index contributed by atoms with van der Waals surface area (Å²) in [4.78, 5) is 0. The molecule has 2 rings (SSSR count). The SMILES string of the molecule is CC1NCC(C)C(C)(C2CCCCC2)C1C. The quantitative estimate of drug-likeness (QED) is 0.712. The van der Waals surface area contributed by atoms with Crippen molar-refractivity contribution in [1.29, 1.82) is 0 Å². The molecule has 1 saturated heterocycles. The maximum atomic E-state index is 3.68. The van der Waals surface area contributed by atoms with Crippen LogP contribution in [0.25, 0.3) is 0 Å². The standard InChI is InChI=1S/C15H29N/c1-11-10-16-13(3)12(2)15(11,4)14-8-6-5-7-9-14/h11-14,16H,5-10H2,1-4H3. The lowest BCUT2D eigenvalue weighted by atomic mass is 9.55. The highest BCUT2D eigenvalue weighted by Crippen LogP contribution is 2.51. The van der Waals surface area contributed by atoms with Crippen LogP contribution in [0.4, 0.5) is 0 Å². The molecule has 4 atom stereocenters. The Labute approximate surface area is 101 Å². The zero-order valence-electron chi connectivity index (χ0n) is 11.6. The molecule has 1 N–H and O–H groups in total. The van der Waals surface area contributed by atoms with Gasteiger partial charge in [-0.05, 0) is 49.5 Å². The van der Waals surface area contributed by atoms with E-state index in [1.165, 1.54) is 38.6 Å². The molecule has 0 aromatic carbocycles. The van der Waals surface area contributed by atoms with Gasteiger partial charge in [0, 0.05) is 6.04 Å². The average molecular weight is 223 g/mol. The van der Waals surface area contributed by atoms with E-state index < -0.39 is 0 Å². The molecule has 4 unspecified atom stereocenters. The molecule has 16 heavy (non-hydrogen) atoms. The largest absolute Gasteiger partial charge is 0.314 e. The second-order valence-corrected chi connectivity index (χ2v) is 6.59. The maximum absolute atomic E-state index is 3.68. The lowest BCUT2D eigenvalue weighted by molar-refractivity contribution is -0.0269. The highest BCUT2D eigenvalue weighted by atomic mass is 14.9. The van der Waals surface area contributed by atoms with Crippen LogP contribution >= 0.6 is 0 Å². The van der Waals surface area contributed by atoms with Crippen molar-refractivity contribution in [3.05, 3.63) is 0 Å². The molecule has 94 valence electrons. The number of hydrogen-bond donors (Lipinski definition) is 1. The summed E-state index contributed by atoms with van der Waals surface area (Å²) >= 11 is 0. The van der Waals surface area contributed by atoms with E-state index in [2.05, 4.69) is 33.0 Å². The molecular formula is C15H29N. The molecule has 1 heterocycles. The molecule has 0 aromatic rings. The van der Waals surface area contributed by atoms with Crippen LogP contribution in [0.3, 0.4) is 0 Å². The summed E-state index contributed by atoms with van der Waals surface area (Å²) < 4.78 is 0. The summed E-state index contributed by atoms with van der Waals surface area (Å²) in [5.74, 6) is 2.64. The van der Waals surface area contributed by atoms with E-state index in [4.69, 9.17) is 0 Å². The van der Waals surface area contributed by atoms with Crippen molar-refractivity contribution in [2.75, 3.05) is 6.54 Å². The van der Waals surface area contributed by atoms with Gasteiger partial charge >= 0.3 is 0 Å². The summed E-state index contributed by atoms with van der Waals surface area (Å²) in [6.07, 6.45) is 7.39. The number of hydrogen-bond acceptors (Lipinski definition) is 1. The summed E-state index contributed by atoms with van der Waals surface area (Å²) in [6, 6.07) is 0.697. The minimum atomic E-state index is 0.574. The Morgan fingerprint density at radius 3 is 2.25 bits per heavy atom. The molecule has 2 fully saturated rings. The zero-order valence-corrected chi connectivity index (χ0v) is 11.6. The number of piperidine rings is 1. The van der Waals surface area contributed by atoms with Gasteiger partial charge in [-0.3, -0.25) is 0 Å². The van der Waals surface area contributed by atoms with Gasteiger partial charge in [0.25, 0.3) is 0 Å². The second kappa shape index (κ2) is 4.68. The van der Waals surface area contributed by atoms with E-state index >= 15 is 0 Å². The second-order valence-electron chi connectivity index (χ2n) is 6.59.